The Kier molecular flexibility index (Phi) is 29.2. The molecule has 0 aliphatic heterocycles. The molecular formula is C40H86P2S2. The van der Waals surface area contributed by atoms with Crippen LogP contribution in [0, 0.1) is 11.8 Å². The summed E-state index contributed by atoms with van der Waals surface area (Å²) in [6.07, 6.45) is 43.6. The maximum absolute atomic E-state index is 6.98. The van der Waals surface area contributed by atoms with Gasteiger partial charge in [-0.05, 0) is 0 Å². The molecule has 0 aromatic carbocycles. The van der Waals surface area contributed by atoms with Crippen LogP contribution < -0.4 is 0 Å². The number of hydrogen-bond acceptors (Lipinski definition) is 2. The van der Waals surface area contributed by atoms with Crippen LogP contribution >= 0.6 is 22.0 Å². The van der Waals surface area contributed by atoms with Crippen molar-refractivity contribution in [1.29, 1.82) is 0 Å². The first-order valence-electron chi connectivity index (χ1n) is 20.4. The zero-order chi connectivity index (χ0) is 33.0. The van der Waals surface area contributed by atoms with Crippen LogP contribution in [0.15, 0.2) is 0 Å². The molecule has 0 aromatic heterocycles. The van der Waals surface area contributed by atoms with Gasteiger partial charge in [-0.1, -0.05) is 13.3 Å². The van der Waals surface area contributed by atoms with E-state index < -0.39 is 11.0 Å². The molecule has 0 nitrogen and oxygen atoms in total. The molecule has 0 amide bonds. The van der Waals surface area contributed by atoms with Gasteiger partial charge in [-0.2, -0.15) is 0 Å². The average Bonchev–Trinajstić information content (AvgIpc) is 2.96. The van der Waals surface area contributed by atoms with Crippen LogP contribution in [0.1, 0.15) is 209 Å². The van der Waals surface area contributed by atoms with Gasteiger partial charge in [0.25, 0.3) is 0 Å². The molecule has 0 saturated carbocycles. The summed E-state index contributed by atoms with van der Waals surface area (Å²) in [5.41, 5.74) is 0. The number of hydrogen-bond donors (Lipinski definition) is 0. The van der Waals surface area contributed by atoms with Crippen LogP contribution in [0.25, 0.3) is 0 Å². The summed E-state index contributed by atoms with van der Waals surface area (Å²) >= 11 is 9.64. The fourth-order valence-electron chi connectivity index (χ4n) is 7.68. The van der Waals surface area contributed by atoms with Crippen LogP contribution in [0.2, 0.25) is 0 Å². The summed E-state index contributed by atoms with van der Waals surface area (Å²) in [6, 6.07) is 0. The van der Waals surface area contributed by atoms with Crippen molar-refractivity contribution in [2.45, 2.75) is 209 Å². The average molecular weight is 693 g/mol. The predicted octanol–water partition coefficient (Wildman–Crippen LogP) is 16.3. The third kappa shape index (κ3) is 22.9. The number of rotatable bonds is 34. The second-order valence-electron chi connectivity index (χ2n) is 15.9. The topological polar surface area (TPSA) is 0 Å². The van der Waals surface area contributed by atoms with Crippen LogP contribution in [-0.2, 0) is 11.8 Å². The third-order valence-corrected chi connectivity index (χ3v) is 34.0. The van der Waals surface area contributed by atoms with E-state index in [-0.39, 0.29) is 0 Å². The second kappa shape index (κ2) is 28.3. The third-order valence-electron chi connectivity index (χ3n) is 9.98. The summed E-state index contributed by atoms with van der Waals surface area (Å²) in [6.45, 7) is 19.4. The van der Waals surface area contributed by atoms with Crippen LogP contribution in [-0.4, -0.2) is 37.0 Å². The molecule has 0 aliphatic carbocycles. The fraction of sp³-hybridized carbons (Fsp3) is 1.00. The summed E-state index contributed by atoms with van der Waals surface area (Å²) in [5.74, 6) is -0.541. The Labute approximate surface area is 290 Å². The van der Waals surface area contributed by atoms with Gasteiger partial charge in [-0.15, -0.1) is 0 Å². The monoisotopic (exact) mass is 693 g/mol. The van der Waals surface area contributed by atoms with Crippen molar-refractivity contribution in [3.8, 4) is 0 Å². The molecule has 0 heterocycles. The molecule has 0 N–H and O–H groups in total. The molecule has 0 saturated heterocycles. The van der Waals surface area contributed by atoms with Gasteiger partial charge in [0, 0.05) is 0 Å². The van der Waals surface area contributed by atoms with Gasteiger partial charge in [-0.3, -0.25) is 0 Å². The summed E-state index contributed by atoms with van der Waals surface area (Å²) in [7, 11) is 0. The Bertz CT molecular complexity index is 626. The van der Waals surface area contributed by atoms with Gasteiger partial charge < -0.3 is 0 Å². The Morgan fingerprint density at radius 3 is 0.886 bits per heavy atom. The summed E-state index contributed by atoms with van der Waals surface area (Å²) in [5, 5.41) is -1.46. The van der Waals surface area contributed by atoms with E-state index in [2.05, 4.69) is 66.4 Å². The zero-order valence-corrected chi connectivity index (χ0v) is 35.5. The zero-order valence-electron chi connectivity index (χ0n) is 32.1. The standard InChI is InChI=1S/C40H86P2S2/c1-9-13-17-21-22-23-24-25-26-27-28-32-36-42(33-29-18-14-10-2,34-30-19-15-11-3,35-31-20-16-12-4)44-41(43,37-39(5)6)38-40(7)8/h39-40H,9-38H2,1-8H3. The predicted molar refractivity (Wildman–Crippen MR) is 221 cm³/mol. The molecule has 0 spiro atoms. The van der Waals surface area contributed by atoms with Gasteiger partial charge in [0.15, 0.2) is 0 Å². The fourth-order valence-corrected chi connectivity index (χ4v) is 42.6. The maximum atomic E-state index is 6.98. The molecule has 0 aliphatic rings. The molecule has 0 fully saturated rings. The number of unbranched alkanes of at least 4 members (excludes halogenated alkanes) is 20. The quantitative estimate of drug-likeness (QED) is 0.0486. The van der Waals surface area contributed by atoms with Gasteiger partial charge in [0.1, 0.15) is 0 Å². The molecule has 0 aromatic rings. The second-order valence-corrected chi connectivity index (χ2v) is 33.8. The molecule has 4 heteroatoms. The SMILES string of the molecule is CCCCCCCCCCCCCCP(CCCCCC)(CCCCCC)(CCCCCC)SP(=S)(CC(C)C)CC(C)C. The Hall–Kier alpha value is 1.43. The van der Waals surface area contributed by atoms with Crippen molar-refractivity contribution in [2.75, 3.05) is 37.0 Å². The van der Waals surface area contributed by atoms with Crippen molar-refractivity contribution >= 4 is 33.9 Å². The van der Waals surface area contributed by atoms with E-state index in [1.807, 2.05) is 0 Å². The molecule has 0 bridgehead atoms. The van der Waals surface area contributed by atoms with Crippen molar-refractivity contribution < 1.29 is 0 Å². The van der Waals surface area contributed by atoms with E-state index in [4.69, 9.17) is 11.8 Å². The minimum absolute atomic E-state index is 0.737. The first-order chi connectivity index (χ1) is 21.1. The van der Waals surface area contributed by atoms with Crippen molar-refractivity contribution in [2.24, 2.45) is 11.8 Å². The van der Waals surface area contributed by atoms with Crippen LogP contribution in [0.4, 0.5) is 0 Å². The molecule has 0 unspecified atom stereocenters. The Balaban J connectivity index is 5.98. The summed E-state index contributed by atoms with van der Waals surface area (Å²) in [4.78, 5) is 0. The molecule has 0 atom stereocenters. The molecule has 268 valence electrons. The van der Waals surface area contributed by atoms with Gasteiger partial charge in [-0.25, -0.2) is 0 Å². The van der Waals surface area contributed by atoms with Crippen LogP contribution in [0.5, 0.6) is 0 Å². The summed E-state index contributed by atoms with van der Waals surface area (Å²) < 4.78 is 0. The Morgan fingerprint density at radius 2 is 0.636 bits per heavy atom. The Morgan fingerprint density at radius 1 is 0.409 bits per heavy atom. The molecular weight excluding hydrogens is 607 g/mol. The first kappa shape index (κ1) is 45.4. The van der Waals surface area contributed by atoms with Gasteiger partial charge >= 0.3 is 279 Å². The van der Waals surface area contributed by atoms with Crippen molar-refractivity contribution in [3.05, 3.63) is 0 Å². The van der Waals surface area contributed by atoms with Crippen LogP contribution in [0.3, 0.4) is 0 Å². The van der Waals surface area contributed by atoms with E-state index in [1.165, 1.54) is 166 Å². The minimum atomic E-state index is -2.02. The van der Waals surface area contributed by atoms with E-state index in [0.717, 1.165) is 11.8 Å². The van der Waals surface area contributed by atoms with Crippen molar-refractivity contribution in [1.82, 2.24) is 0 Å². The van der Waals surface area contributed by atoms with E-state index in [0.29, 0.717) is 0 Å². The molecule has 0 radical (unpaired) electrons. The van der Waals surface area contributed by atoms with Crippen molar-refractivity contribution in [3.63, 3.8) is 0 Å². The van der Waals surface area contributed by atoms with E-state index in [9.17, 15) is 0 Å². The normalized spacial score (nSPS) is 13.6. The first-order valence-corrected chi connectivity index (χ1v) is 28.6. The van der Waals surface area contributed by atoms with E-state index >= 15 is 0 Å². The van der Waals surface area contributed by atoms with Gasteiger partial charge in [0.05, 0.1) is 0 Å². The van der Waals surface area contributed by atoms with Gasteiger partial charge in [0.2, 0.25) is 0 Å². The molecule has 44 heavy (non-hydrogen) atoms. The molecule has 0 rings (SSSR count). The van der Waals surface area contributed by atoms with E-state index in [1.54, 1.807) is 24.6 Å².